The van der Waals surface area contributed by atoms with Crippen molar-refractivity contribution < 1.29 is 4.79 Å². The highest BCUT2D eigenvalue weighted by Gasteiger charge is 2.26. The van der Waals surface area contributed by atoms with Gasteiger partial charge in [0.25, 0.3) is 5.91 Å². The number of rotatable bonds is 6. The van der Waals surface area contributed by atoms with Gasteiger partial charge in [-0.3, -0.25) is 4.79 Å². The van der Waals surface area contributed by atoms with E-state index in [1.54, 1.807) is 0 Å². The Labute approximate surface area is 118 Å². The summed E-state index contributed by atoms with van der Waals surface area (Å²) in [5.74, 6) is -0.618. The lowest BCUT2D eigenvalue weighted by atomic mass is 9.87. The van der Waals surface area contributed by atoms with E-state index in [0.29, 0.717) is 12.3 Å². The Hall–Kier alpha value is -1.97. The summed E-state index contributed by atoms with van der Waals surface area (Å²) in [7, 11) is 0. The molecular formula is C16H20N2O2. The van der Waals surface area contributed by atoms with Crippen LogP contribution in [-0.4, -0.2) is 10.9 Å². The second kappa shape index (κ2) is 6.46. The van der Waals surface area contributed by atoms with Crippen molar-refractivity contribution in [2.75, 3.05) is 0 Å². The van der Waals surface area contributed by atoms with Gasteiger partial charge in [0.1, 0.15) is 0 Å². The molecule has 2 atom stereocenters. The molecule has 0 saturated carbocycles. The van der Waals surface area contributed by atoms with E-state index in [4.69, 9.17) is 0 Å². The lowest BCUT2D eigenvalue weighted by molar-refractivity contribution is -0.119. The molecule has 4 nitrogen and oxygen atoms in total. The van der Waals surface area contributed by atoms with E-state index in [1.807, 2.05) is 30.5 Å². The van der Waals surface area contributed by atoms with Crippen LogP contribution in [-0.2, 0) is 4.79 Å². The fourth-order valence-electron chi connectivity index (χ4n) is 2.82. The number of benzene rings is 1. The smallest absolute Gasteiger partial charge is 0.293 e. The maximum absolute atomic E-state index is 11.9. The van der Waals surface area contributed by atoms with Crippen LogP contribution in [0.5, 0.6) is 0 Å². The Bertz CT molecular complexity index is 603. The zero-order valence-corrected chi connectivity index (χ0v) is 11.9. The van der Waals surface area contributed by atoms with Crippen molar-refractivity contribution in [2.24, 2.45) is 11.1 Å². The second-order valence-electron chi connectivity index (χ2n) is 5.40. The summed E-state index contributed by atoms with van der Waals surface area (Å²) in [4.78, 5) is 25.8. The van der Waals surface area contributed by atoms with Gasteiger partial charge in [0, 0.05) is 22.3 Å². The molecule has 0 spiro atoms. The summed E-state index contributed by atoms with van der Waals surface area (Å²) < 4.78 is 0. The topological polar surface area (TPSA) is 62.3 Å². The van der Waals surface area contributed by atoms with E-state index >= 15 is 0 Å². The Morgan fingerprint density at radius 1 is 1.35 bits per heavy atom. The number of fused-ring (bicyclic) bond motifs is 1. The van der Waals surface area contributed by atoms with Crippen LogP contribution in [0.2, 0.25) is 0 Å². The number of nitroso groups, excluding NO2 is 1. The van der Waals surface area contributed by atoms with Gasteiger partial charge in [-0.25, -0.2) is 0 Å². The van der Waals surface area contributed by atoms with E-state index in [-0.39, 0.29) is 0 Å². The SMILES string of the molecule is CCCC(C)CC(C(=O)N=O)c1c[nH]c2ccccc12. The third-order valence-electron chi connectivity index (χ3n) is 3.80. The van der Waals surface area contributed by atoms with Gasteiger partial charge in [0.15, 0.2) is 0 Å². The minimum absolute atomic E-state index is 0.393. The minimum Gasteiger partial charge on any atom is -0.361 e. The first kappa shape index (κ1) is 14.4. The zero-order valence-electron chi connectivity index (χ0n) is 11.9. The number of hydrogen-bond donors (Lipinski definition) is 1. The minimum atomic E-state index is -0.572. The van der Waals surface area contributed by atoms with Crippen LogP contribution in [0.4, 0.5) is 0 Å². The van der Waals surface area contributed by atoms with Crippen molar-refractivity contribution in [2.45, 2.75) is 39.0 Å². The van der Waals surface area contributed by atoms with Gasteiger partial charge >= 0.3 is 0 Å². The fraction of sp³-hybridized carbons (Fsp3) is 0.438. The molecule has 0 fully saturated rings. The number of para-hydroxylation sites is 1. The number of aromatic amines is 1. The van der Waals surface area contributed by atoms with Crippen LogP contribution in [0.3, 0.4) is 0 Å². The molecule has 0 saturated heterocycles. The first-order chi connectivity index (χ1) is 9.67. The van der Waals surface area contributed by atoms with Crippen molar-refractivity contribution >= 4 is 16.8 Å². The summed E-state index contributed by atoms with van der Waals surface area (Å²) in [5.41, 5.74) is 1.86. The molecule has 2 aromatic rings. The van der Waals surface area contributed by atoms with Crippen LogP contribution < -0.4 is 0 Å². The number of aromatic nitrogens is 1. The largest absolute Gasteiger partial charge is 0.361 e. The van der Waals surface area contributed by atoms with Crippen LogP contribution in [0.1, 0.15) is 44.6 Å². The molecule has 0 radical (unpaired) electrons. The predicted octanol–water partition coefficient (Wildman–Crippen LogP) is 4.37. The third kappa shape index (κ3) is 2.95. The molecule has 1 aromatic carbocycles. The average molecular weight is 272 g/mol. The molecule has 0 aliphatic heterocycles. The van der Waals surface area contributed by atoms with Crippen LogP contribution in [0.15, 0.2) is 35.6 Å². The van der Waals surface area contributed by atoms with Crippen LogP contribution in [0.25, 0.3) is 10.9 Å². The van der Waals surface area contributed by atoms with E-state index in [0.717, 1.165) is 29.3 Å². The number of carbonyl (C=O) groups is 1. The van der Waals surface area contributed by atoms with Crippen molar-refractivity contribution in [1.82, 2.24) is 4.98 Å². The normalized spacial score (nSPS) is 14.1. The van der Waals surface area contributed by atoms with Crippen LogP contribution in [0, 0.1) is 10.8 Å². The summed E-state index contributed by atoms with van der Waals surface area (Å²) in [6, 6.07) is 7.81. The van der Waals surface area contributed by atoms with E-state index in [2.05, 4.69) is 24.0 Å². The highest BCUT2D eigenvalue weighted by molar-refractivity contribution is 5.92. The van der Waals surface area contributed by atoms with Gasteiger partial charge in [0.2, 0.25) is 0 Å². The Kier molecular flexibility index (Phi) is 4.66. The van der Waals surface area contributed by atoms with E-state index in [9.17, 15) is 9.70 Å². The van der Waals surface area contributed by atoms with Gasteiger partial charge in [-0.15, -0.1) is 4.91 Å². The van der Waals surface area contributed by atoms with Gasteiger partial charge < -0.3 is 4.98 Å². The first-order valence-corrected chi connectivity index (χ1v) is 7.10. The number of H-pyrrole nitrogens is 1. The molecule has 4 heteroatoms. The lowest BCUT2D eigenvalue weighted by Crippen LogP contribution is -2.13. The summed E-state index contributed by atoms with van der Waals surface area (Å²) in [6.07, 6.45) is 4.62. The monoisotopic (exact) mass is 272 g/mol. The van der Waals surface area contributed by atoms with E-state index in [1.165, 1.54) is 0 Å². The molecule has 2 unspecified atom stereocenters. The molecule has 0 bridgehead atoms. The van der Waals surface area contributed by atoms with Crippen molar-refractivity contribution in [3.05, 3.63) is 40.9 Å². The Morgan fingerprint density at radius 3 is 2.80 bits per heavy atom. The standard InChI is InChI=1S/C16H20N2O2/c1-3-6-11(2)9-13(16(19)18-20)14-10-17-15-8-5-4-7-12(14)15/h4-5,7-8,10-11,13,17H,3,6,9H2,1-2H3. The maximum Gasteiger partial charge on any atom is 0.293 e. The molecule has 2 rings (SSSR count). The first-order valence-electron chi connectivity index (χ1n) is 7.10. The quantitative estimate of drug-likeness (QED) is 0.793. The van der Waals surface area contributed by atoms with Crippen LogP contribution >= 0.6 is 0 Å². The number of amides is 1. The number of nitrogens with one attached hydrogen (secondary N) is 1. The summed E-state index contributed by atoms with van der Waals surface area (Å²) in [6.45, 7) is 4.24. The molecule has 20 heavy (non-hydrogen) atoms. The highest BCUT2D eigenvalue weighted by atomic mass is 16.3. The average Bonchev–Trinajstić information content (AvgIpc) is 2.88. The predicted molar refractivity (Wildman–Crippen MR) is 80.5 cm³/mol. The van der Waals surface area contributed by atoms with Crippen molar-refractivity contribution in [3.63, 3.8) is 0 Å². The molecular weight excluding hydrogens is 252 g/mol. The van der Waals surface area contributed by atoms with Crippen molar-refractivity contribution in [3.8, 4) is 0 Å². The Balaban J connectivity index is 2.35. The molecule has 1 N–H and O–H groups in total. The second-order valence-corrected chi connectivity index (χ2v) is 5.40. The molecule has 0 aliphatic rings. The van der Waals surface area contributed by atoms with Gasteiger partial charge in [-0.1, -0.05) is 44.9 Å². The number of nitrogens with zero attached hydrogens (tertiary/aromatic N) is 1. The molecule has 1 aromatic heterocycles. The maximum atomic E-state index is 11.9. The number of hydrogen-bond acceptors (Lipinski definition) is 2. The molecule has 0 aliphatic carbocycles. The lowest BCUT2D eigenvalue weighted by Gasteiger charge is -2.16. The van der Waals surface area contributed by atoms with E-state index < -0.39 is 11.8 Å². The number of carbonyl (C=O) groups excluding carboxylic acids is 1. The molecule has 1 heterocycles. The molecule has 1 amide bonds. The van der Waals surface area contributed by atoms with Crippen molar-refractivity contribution in [1.29, 1.82) is 0 Å². The fourth-order valence-corrected chi connectivity index (χ4v) is 2.82. The van der Waals surface area contributed by atoms with Gasteiger partial charge in [-0.05, 0) is 24.0 Å². The Morgan fingerprint density at radius 2 is 2.10 bits per heavy atom. The van der Waals surface area contributed by atoms with Gasteiger partial charge in [-0.2, -0.15) is 0 Å². The molecule has 106 valence electrons. The summed E-state index contributed by atoms with van der Waals surface area (Å²) >= 11 is 0. The zero-order chi connectivity index (χ0) is 14.5. The third-order valence-corrected chi connectivity index (χ3v) is 3.80. The van der Waals surface area contributed by atoms with Gasteiger partial charge in [0.05, 0.1) is 5.92 Å². The highest BCUT2D eigenvalue weighted by Crippen LogP contribution is 2.32. The summed E-state index contributed by atoms with van der Waals surface area (Å²) in [5, 5.41) is 3.66.